The van der Waals surface area contributed by atoms with Gasteiger partial charge in [0, 0.05) is 13.1 Å². The van der Waals surface area contributed by atoms with Crippen LogP contribution >= 0.6 is 34.8 Å². The summed E-state index contributed by atoms with van der Waals surface area (Å²) < 4.78 is 26.3. The summed E-state index contributed by atoms with van der Waals surface area (Å²) in [5.74, 6) is -0.633. The van der Waals surface area contributed by atoms with E-state index in [1.807, 2.05) is 45.0 Å². The molecular weight excluding hydrogens is 545 g/mol. The fraction of sp³-hybridized carbons (Fsp3) is 0.440. The van der Waals surface area contributed by atoms with Gasteiger partial charge in [0.05, 0.1) is 27.0 Å². The molecule has 0 aliphatic rings. The fourth-order valence-corrected chi connectivity index (χ4v) is 5.19. The zero-order valence-corrected chi connectivity index (χ0v) is 24.1. The highest BCUT2D eigenvalue weighted by molar-refractivity contribution is 7.92. The van der Waals surface area contributed by atoms with Gasteiger partial charge in [-0.05, 0) is 37.0 Å². The topological polar surface area (TPSA) is 86.8 Å². The Morgan fingerprint density at radius 1 is 1.03 bits per heavy atom. The smallest absolute Gasteiger partial charge is 0.244 e. The number of amides is 2. The van der Waals surface area contributed by atoms with Crippen molar-refractivity contribution in [2.45, 2.75) is 46.7 Å². The van der Waals surface area contributed by atoms with Crippen LogP contribution in [0.2, 0.25) is 15.1 Å². The number of nitrogens with one attached hydrogen (secondary N) is 1. The van der Waals surface area contributed by atoms with Gasteiger partial charge in [0.25, 0.3) is 0 Å². The van der Waals surface area contributed by atoms with E-state index in [1.54, 1.807) is 6.92 Å². The van der Waals surface area contributed by atoms with E-state index in [1.165, 1.54) is 17.0 Å². The van der Waals surface area contributed by atoms with Crippen molar-refractivity contribution in [1.82, 2.24) is 10.2 Å². The van der Waals surface area contributed by atoms with E-state index >= 15 is 0 Å². The van der Waals surface area contributed by atoms with Gasteiger partial charge in [-0.1, -0.05) is 85.4 Å². The van der Waals surface area contributed by atoms with Crippen LogP contribution in [-0.4, -0.2) is 50.5 Å². The first-order valence-corrected chi connectivity index (χ1v) is 14.5. The van der Waals surface area contributed by atoms with Gasteiger partial charge in [0.15, 0.2) is 0 Å². The van der Waals surface area contributed by atoms with Gasteiger partial charge in [-0.2, -0.15) is 0 Å². The highest BCUT2D eigenvalue weighted by atomic mass is 35.5. The molecule has 7 nitrogen and oxygen atoms in total. The molecule has 0 saturated heterocycles. The number of halogens is 3. The highest BCUT2D eigenvalue weighted by Gasteiger charge is 2.32. The molecule has 0 aliphatic heterocycles. The Balaban J connectivity index is 2.49. The molecular formula is C25H32Cl3N3O4S. The summed E-state index contributed by atoms with van der Waals surface area (Å²) in [6, 6.07) is 9.40. The fourth-order valence-electron chi connectivity index (χ4n) is 3.65. The lowest BCUT2D eigenvalue weighted by Crippen LogP contribution is -2.52. The first kappa shape index (κ1) is 30.2. The van der Waals surface area contributed by atoms with Crippen molar-refractivity contribution in [2.75, 3.05) is 23.7 Å². The van der Waals surface area contributed by atoms with E-state index in [4.69, 9.17) is 34.8 Å². The molecule has 1 atom stereocenters. The zero-order valence-electron chi connectivity index (χ0n) is 21.0. The minimum Gasteiger partial charge on any atom is -0.354 e. The first-order chi connectivity index (χ1) is 16.7. The van der Waals surface area contributed by atoms with E-state index in [-0.39, 0.29) is 39.1 Å². The van der Waals surface area contributed by atoms with E-state index in [0.717, 1.165) is 21.7 Å². The van der Waals surface area contributed by atoms with Gasteiger partial charge in [0.1, 0.15) is 12.6 Å². The molecule has 0 fully saturated rings. The van der Waals surface area contributed by atoms with Crippen molar-refractivity contribution < 1.29 is 18.0 Å². The number of aryl methyl sites for hydroxylation is 1. The maximum absolute atomic E-state index is 13.7. The van der Waals surface area contributed by atoms with E-state index in [9.17, 15) is 18.0 Å². The SMILES string of the molecule is CC[C@H](C(=O)NCC(C)C)N(Cc1cccc(C)c1)C(=O)CN(c1cc(Cl)c(Cl)cc1Cl)S(C)(=O)=O. The minimum absolute atomic E-state index is 0.0228. The van der Waals surface area contributed by atoms with Crippen molar-refractivity contribution in [2.24, 2.45) is 5.92 Å². The van der Waals surface area contributed by atoms with E-state index in [2.05, 4.69) is 5.32 Å². The summed E-state index contributed by atoms with van der Waals surface area (Å²) in [5, 5.41) is 3.15. The monoisotopic (exact) mass is 575 g/mol. The van der Waals surface area contributed by atoms with Crippen LogP contribution in [0.4, 0.5) is 5.69 Å². The molecule has 198 valence electrons. The van der Waals surface area contributed by atoms with Crippen LogP contribution < -0.4 is 9.62 Å². The van der Waals surface area contributed by atoms with Crippen LogP contribution in [0.1, 0.15) is 38.3 Å². The van der Waals surface area contributed by atoms with Crippen LogP contribution in [0.5, 0.6) is 0 Å². The molecule has 0 bridgehead atoms. The average molecular weight is 577 g/mol. The normalized spacial score (nSPS) is 12.4. The molecule has 1 N–H and O–H groups in total. The number of nitrogens with zero attached hydrogens (tertiary/aromatic N) is 2. The lowest BCUT2D eigenvalue weighted by atomic mass is 10.1. The molecule has 0 saturated carbocycles. The van der Waals surface area contributed by atoms with Crippen LogP contribution in [0.25, 0.3) is 0 Å². The van der Waals surface area contributed by atoms with Gasteiger partial charge < -0.3 is 10.2 Å². The molecule has 0 unspecified atom stereocenters. The number of hydrogen-bond acceptors (Lipinski definition) is 4. The minimum atomic E-state index is -3.95. The summed E-state index contributed by atoms with van der Waals surface area (Å²) in [6.45, 7) is 7.69. The third kappa shape index (κ3) is 8.26. The van der Waals surface area contributed by atoms with Crippen molar-refractivity contribution in [1.29, 1.82) is 0 Å². The predicted octanol–water partition coefficient (Wildman–Crippen LogP) is 5.30. The van der Waals surface area contributed by atoms with Gasteiger partial charge in [-0.3, -0.25) is 13.9 Å². The molecule has 0 heterocycles. The molecule has 2 amide bonds. The van der Waals surface area contributed by atoms with Crippen molar-refractivity contribution in [3.63, 3.8) is 0 Å². The van der Waals surface area contributed by atoms with Crippen molar-refractivity contribution >= 4 is 62.3 Å². The molecule has 0 aromatic heterocycles. The Bertz CT molecular complexity index is 1210. The first-order valence-electron chi connectivity index (χ1n) is 11.5. The van der Waals surface area contributed by atoms with Gasteiger partial charge in [-0.25, -0.2) is 8.42 Å². The summed E-state index contributed by atoms with van der Waals surface area (Å²) in [7, 11) is -3.95. The van der Waals surface area contributed by atoms with E-state index < -0.39 is 28.5 Å². The molecule has 0 aliphatic carbocycles. The Morgan fingerprint density at radius 3 is 2.22 bits per heavy atom. The Kier molecular flexibility index (Phi) is 10.9. The van der Waals surface area contributed by atoms with E-state index in [0.29, 0.717) is 13.0 Å². The second-order valence-electron chi connectivity index (χ2n) is 9.06. The number of anilines is 1. The zero-order chi connectivity index (χ0) is 27.2. The molecule has 11 heteroatoms. The maximum atomic E-state index is 13.7. The van der Waals surface area contributed by atoms with Crippen molar-refractivity contribution in [3.8, 4) is 0 Å². The lowest BCUT2D eigenvalue weighted by Gasteiger charge is -2.33. The van der Waals surface area contributed by atoms with Crippen LogP contribution in [0, 0.1) is 12.8 Å². The Labute approximate surface area is 228 Å². The summed E-state index contributed by atoms with van der Waals surface area (Å²) in [4.78, 5) is 28.2. The van der Waals surface area contributed by atoms with Gasteiger partial charge in [0.2, 0.25) is 21.8 Å². The standard InChI is InChI=1S/C25H32Cl3N3O4S/c1-6-22(25(33)29-13-16(2)3)30(14-18-9-7-8-17(4)10-18)24(32)15-31(36(5,34)35)23-12-20(27)19(26)11-21(23)28/h7-12,16,22H,6,13-15H2,1-5H3,(H,29,33)/t22-/m1/s1. The van der Waals surface area contributed by atoms with Gasteiger partial charge >= 0.3 is 0 Å². The maximum Gasteiger partial charge on any atom is 0.244 e. The van der Waals surface area contributed by atoms with Crippen LogP contribution in [0.3, 0.4) is 0 Å². The Hall–Kier alpha value is -2.00. The summed E-state index contributed by atoms with van der Waals surface area (Å²) >= 11 is 18.4. The predicted molar refractivity (Wildman–Crippen MR) is 147 cm³/mol. The molecule has 2 aromatic carbocycles. The third-order valence-corrected chi connectivity index (χ3v) is 7.59. The largest absolute Gasteiger partial charge is 0.354 e. The number of hydrogen-bond donors (Lipinski definition) is 1. The molecule has 0 spiro atoms. The molecule has 36 heavy (non-hydrogen) atoms. The summed E-state index contributed by atoms with van der Waals surface area (Å²) in [6.07, 6.45) is 1.31. The third-order valence-electron chi connectivity index (χ3n) is 5.44. The van der Waals surface area contributed by atoms with Crippen LogP contribution in [-0.2, 0) is 26.2 Å². The lowest BCUT2D eigenvalue weighted by molar-refractivity contribution is -0.140. The average Bonchev–Trinajstić information content (AvgIpc) is 2.77. The number of carbonyl (C=O) groups excluding carboxylic acids is 2. The Morgan fingerprint density at radius 2 is 1.67 bits per heavy atom. The number of benzene rings is 2. The van der Waals surface area contributed by atoms with Crippen LogP contribution in [0.15, 0.2) is 36.4 Å². The van der Waals surface area contributed by atoms with Gasteiger partial charge in [-0.15, -0.1) is 0 Å². The molecule has 0 radical (unpaired) electrons. The molecule has 2 rings (SSSR count). The second-order valence-corrected chi connectivity index (χ2v) is 12.2. The number of sulfonamides is 1. The highest BCUT2D eigenvalue weighted by Crippen LogP contribution is 2.35. The summed E-state index contributed by atoms with van der Waals surface area (Å²) in [5.41, 5.74) is 1.84. The number of carbonyl (C=O) groups is 2. The quantitative estimate of drug-likeness (QED) is 0.368. The number of rotatable bonds is 11. The second kappa shape index (κ2) is 13.0. The van der Waals surface area contributed by atoms with Crippen molar-refractivity contribution in [3.05, 3.63) is 62.6 Å². The molecule has 2 aromatic rings.